The van der Waals surface area contributed by atoms with Crippen molar-refractivity contribution in [1.82, 2.24) is 9.55 Å². The second-order valence-electron chi connectivity index (χ2n) is 5.50. The minimum atomic E-state index is -0.417. The number of ether oxygens (including phenoxy) is 2. The smallest absolute Gasteiger partial charge is 0.261 e. The van der Waals surface area contributed by atoms with Crippen molar-refractivity contribution in [2.75, 3.05) is 19.5 Å². The molecule has 0 aliphatic carbocycles. The van der Waals surface area contributed by atoms with Gasteiger partial charge in [-0.15, -0.1) is 0 Å². The molecule has 3 aromatic rings. The monoisotopic (exact) mass is 355 g/mol. The number of nitrogens with zero attached hydrogens (tertiary/aromatic N) is 2. The first-order valence-corrected chi connectivity index (χ1v) is 7.72. The van der Waals surface area contributed by atoms with Gasteiger partial charge < -0.3 is 19.9 Å². The number of methoxy groups -OCH3 is 2. The molecule has 3 rings (SSSR count). The van der Waals surface area contributed by atoms with Crippen molar-refractivity contribution in [2.45, 2.75) is 6.54 Å². The molecular weight excluding hydrogens is 338 g/mol. The summed E-state index contributed by atoms with van der Waals surface area (Å²) in [4.78, 5) is 29.0. The molecule has 0 saturated heterocycles. The maximum Gasteiger partial charge on any atom is 0.261 e. The summed E-state index contributed by atoms with van der Waals surface area (Å²) in [6.07, 6.45) is 1.30. The van der Waals surface area contributed by atoms with Gasteiger partial charge in [-0.1, -0.05) is 6.07 Å². The molecule has 8 nitrogen and oxygen atoms in total. The van der Waals surface area contributed by atoms with Gasteiger partial charge in [0.05, 0.1) is 31.4 Å². The lowest BCUT2D eigenvalue weighted by Crippen LogP contribution is -2.27. The van der Waals surface area contributed by atoms with Crippen LogP contribution in [-0.4, -0.2) is 34.8 Å². The first kappa shape index (κ1) is 17.3. The fourth-order valence-corrected chi connectivity index (χ4v) is 2.54. The zero-order valence-electron chi connectivity index (χ0n) is 14.2. The van der Waals surface area contributed by atoms with Crippen LogP contribution in [0.4, 0.5) is 5.69 Å². The molecular formula is C18H17N3O5. The van der Waals surface area contributed by atoms with Gasteiger partial charge in [0.25, 0.3) is 5.56 Å². The molecule has 134 valence electrons. The number of hydrogen-bond acceptors (Lipinski definition) is 6. The van der Waals surface area contributed by atoms with Crippen LogP contribution in [0.2, 0.25) is 0 Å². The van der Waals surface area contributed by atoms with Crippen molar-refractivity contribution in [2.24, 2.45) is 0 Å². The van der Waals surface area contributed by atoms with Crippen molar-refractivity contribution in [3.63, 3.8) is 0 Å². The standard InChI is InChI=1S/C18H17N3O5/c1-25-15-7-13-14(8-16(15)26-2)19-10-21(18(13)24)9-17(23)20-11-4-3-5-12(22)6-11/h3-8,10,22H,9H2,1-2H3,(H,20,23). The van der Waals surface area contributed by atoms with Crippen LogP contribution in [0, 0.1) is 0 Å². The number of carbonyl (C=O) groups is 1. The largest absolute Gasteiger partial charge is 0.508 e. The third-order valence-electron chi connectivity index (χ3n) is 3.77. The van der Waals surface area contributed by atoms with E-state index in [0.29, 0.717) is 28.1 Å². The van der Waals surface area contributed by atoms with Crippen molar-refractivity contribution in [3.05, 3.63) is 53.1 Å². The Morgan fingerprint density at radius 3 is 2.62 bits per heavy atom. The summed E-state index contributed by atoms with van der Waals surface area (Å²) in [5.74, 6) is 0.486. The minimum absolute atomic E-state index is 0.0355. The van der Waals surface area contributed by atoms with Crippen LogP contribution in [0.25, 0.3) is 10.9 Å². The highest BCUT2D eigenvalue weighted by Crippen LogP contribution is 2.29. The second kappa shape index (κ2) is 7.14. The van der Waals surface area contributed by atoms with E-state index in [1.165, 1.54) is 43.3 Å². The summed E-state index contributed by atoms with van der Waals surface area (Å²) in [6.45, 7) is -0.216. The average Bonchev–Trinajstić information content (AvgIpc) is 2.63. The molecule has 0 spiro atoms. The Hall–Kier alpha value is -3.55. The maximum absolute atomic E-state index is 12.6. The maximum atomic E-state index is 12.6. The third kappa shape index (κ3) is 3.44. The quantitative estimate of drug-likeness (QED) is 0.723. The van der Waals surface area contributed by atoms with E-state index >= 15 is 0 Å². The number of aromatic nitrogens is 2. The van der Waals surface area contributed by atoms with Crippen molar-refractivity contribution >= 4 is 22.5 Å². The van der Waals surface area contributed by atoms with E-state index in [1.54, 1.807) is 18.2 Å². The number of aromatic hydroxyl groups is 1. The zero-order chi connectivity index (χ0) is 18.7. The first-order chi connectivity index (χ1) is 12.5. The highest BCUT2D eigenvalue weighted by atomic mass is 16.5. The predicted molar refractivity (Wildman–Crippen MR) is 95.8 cm³/mol. The highest BCUT2D eigenvalue weighted by molar-refractivity contribution is 5.91. The number of anilines is 1. The van der Waals surface area contributed by atoms with Crippen LogP contribution >= 0.6 is 0 Å². The van der Waals surface area contributed by atoms with Gasteiger partial charge in [-0.25, -0.2) is 4.98 Å². The lowest BCUT2D eigenvalue weighted by Gasteiger charge is -2.11. The summed E-state index contributed by atoms with van der Waals surface area (Å²) >= 11 is 0. The van der Waals surface area contributed by atoms with Crippen LogP contribution in [0.1, 0.15) is 0 Å². The van der Waals surface area contributed by atoms with Crippen molar-refractivity contribution in [3.8, 4) is 17.2 Å². The molecule has 0 unspecified atom stereocenters. The van der Waals surface area contributed by atoms with Gasteiger partial charge in [0.15, 0.2) is 11.5 Å². The molecule has 1 amide bonds. The fraction of sp³-hybridized carbons (Fsp3) is 0.167. The second-order valence-corrected chi connectivity index (χ2v) is 5.50. The summed E-state index contributed by atoms with van der Waals surface area (Å²) < 4.78 is 11.6. The SMILES string of the molecule is COc1cc2ncn(CC(=O)Nc3cccc(O)c3)c(=O)c2cc1OC. The molecule has 8 heteroatoms. The normalized spacial score (nSPS) is 10.5. The number of fused-ring (bicyclic) bond motifs is 1. The fourth-order valence-electron chi connectivity index (χ4n) is 2.54. The number of phenols is 1. The molecule has 0 aliphatic heterocycles. The van der Waals surface area contributed by atoms with E-state index in [2.05, 4.69) is 10.3 Å². The third-order valence-corrected chi connectivity index (χ3v) is 3.77. The van der Waals surface area contributed by atoms with Gasteiger partial charge in [-0.05, 0) is 18.2 Å². The van der Waals surface area contributed by atoms with E-state index in [9.17, 15) is 14.7 Å². The van der Waals surface area contributed by atoms with Gasteiger partial charge >= 0.3 is 0 Å². The molecule has 1 aromatic heterocycles. The topological polar surface area (TPSA) is 103 Å². The molecule has 0 bridgehead atoms. The molecule has 0 fully saturated rings. The lowest BCUT2D eigenvalue weighted by molar-refractivity contribution is -0.116. The summed E-state index contributed by atoms with van der Waals surface area (Å²) in [7, 11) is 2.97. The Morgan fingerprint density at radius 1 is 1.19 bits per heavy atom. The van der Waals surface area contributed by atoms with Crippen LogP contribution in [-0.2, 0) is 11.3 Å². The minimum Gasteiger partial charge on any atom is -0.508 e. The Kier molecular flexibility index (Phi) is 4.74. The van der Waals surface area contributed by atoms with Gasteiger partial charge in [0, 0.05) is 17.8 Å². The summed E-state index contributed by atoms with van der Waals surface area (Å²) in [5.41, 5.74) is 0.502. The number of rotatable bonds is 5. The summed E-state index contributed by atoms with van der Waals surface area (Å²) in [6, 6.07) is 9.29. The lowest BCUT2D eigenvalue weighted by atomic mass is 10.2. The number of nitrogens with one attached hydrogen (secondary N) is 1. The number of phenolic OH excluding ortho intramolecular Hbond substituents is 1. The Labute approximate surface area is 148 Å². The van der Waals surface area contributed by atoms with Crippen LogP contribution in [0.15, 0.2) is 47.5 Å². The van der Waals surface area contributed by atoms with Crippen LogP contribution in [0.3, 0.4) is 0 Å². The van der Waals surface area contributed by atoms with Crippen molar-refractivity contribution < 1.29 is 19.4 Å². The number of hydrogen-bond donors (Lipinski definition) is 2. The van der Waals surface area contributed by atoms with E-state index in [-0.39, 0.29) is 17.9 Å². The first-order valence-electron chi connectivity index (χ1n) is 7.72. The van der Waals surface area contributed by atoms with E-state index in [1.807, 2.05) is 0 Å². The molecule has 2 aromatic carbocycles. The van der Waals surface area contributed by atoms with E-state index in [0.717, 1.165) is 0 Å². The number of amides is 1. The number of benzene rings is 2. The van der Waals surface area contributed by atoms with E-state index in [4.69, 9.17) is 9.47 Å². The zero-order valence-corrected chi connectivity index (χ0v) is 14.2. The van der Waals surface area contributed by atoms with Crippen molar-refractivity contribution in [1.29, 1.82) is 0 Å². The average molecular weight is 355 g/mol. The number of carbonyl (C=O) groups excluding carboxylic acids is 1. The Morgan fingerprint density at radius 2 is 1.92 bits per heavy atom. The molecule has 26 heavy (non-hydrogen) atoms. The summed E-state index contributed by atoms with van der Waals surface area (Å²) in [5, 5.41) is 12.4. The van der Waals surface area contributed by atoms with Gasteiger partial charge in [0.1, 0.15) is 12.3 Å². The molecule has 0 saturated carbocycles. The molecule has 2 N–H and O–H groups in total. The van der Waals surface area contributed by atoms with Gasteiger partial charge in [-0.2, -0.15) is 0 Å². The molecule has 0 aliphatic rings. The molecule has 1 heterocycles. The van der Waals surface area contributed by atoms with Crippen LogP contribution in [0.5, 0.6) is 17.2 Å². The Balaban J connectivity index is 1.89. The molecule has 0 atom stereocenters. The van der Waals surface area contributed by atoms with Crippen LogP contribution < -0.4 is 20.3 Å². The van der Waals surface area contributed by atoms with E-state index < -0.39 is 5.91 Å². The van der Waals surface area contributed by atoms with Gasteiger partial charge in [0.2, 0.25) is 5.91 Å². The predicted octanol–water partition coefficient (Wildman–Crippen LogP) is 1.76. The Bertz CT molecular complexity index is 1030. The molecule has 0 radical (unpaired) electrons. The van der Waals surface area contributed by atoms with Gasteiger partial charge in [-0.3, -0.25) is 14.2 Å². The highest BCUT2D eigenvalue weighted by Gasteiger charge is 2.13.